The number of imide groups is 1. The first-order chi connectivity index (χ1) is 12.9. The summed E-state index contributed by atoms with van der Waals surface area (Å²) in [5, 5.41) is 5.31. The van der Waals surface area contributed by atoms with Gasteiger partial charge in [-0.25, -0.2) is 4.79 Å². The molecule has 0 saturated heterocycles. The highest BCUT2D eigenvalue weighted by atomic mass is 16.5. The molecule has 1 aliphatic carbocycles. The van der Waals surface area contributed by atoms with Crippen molar-refractivity contribution in [1.29, 1.82) is 0 Å². The molecule has 150 valence electrons. The van der Waals surface area contributed by atoms with Gasteiger partial charge in [0.15, 0.2) is 11.5 Å². The Morgan fingerprint density at radius 1 is 1.11 bits per heavy atom. The number of hydrogen-bond donors (Lipinski definition) is 2. The van der Waals surface area contributed by atoms with Gasteiger partial charge in [-0.15, -0.1) is 0 Å². The van der Waals surface area contributed by atoms with Crippen LogP contribution in [0.5, 0.6) is 11.5 Å². The summed E-state index contributed by atoms with van der Waals surface area (Å²) in [5.74, 6) is 1.02. The van der Waals surface area contributed by atoms with Gasteiger partial charge in [0.25, 0.3) is 0 Å². The maximum absolute atomic E-state index is 12.1. The maximum Gasteiger partial charge on any atom is 0.321 e. The lowest BCUT2D eigenvalue weighted by Gasteiger charge is -2.23. The molecule has 2 rings (SSSR count). The monoisotopic (exact) mass is 377 g/mol. The van der Waals surface area contributed by atoms with Crippen LogP contribution >= 0.6 is 0 Å². The SMILES string of the molecule is COc1cc(C)c(CN(C)CC(=O)NC(=O)NC2CCCCC2)cc1OC. The molecule has 27 heavy (non-hydrogen) atoms. The van der Waals surface area contributed by atoms with E-state index in [9.17, 15) is 9.59 Å². The van der Waals surface area contributed by atoms with E-state index in [1.54, 1.807) is 14.2 Å². The Hall–Kier alpha value is -2.28. The van der Waals surface area contributed by atoms with Gasteiger partial charge in [-0.1, -0.05) is 19.3 Å². The Balaban J connectivity index is 1.84. The van der Waals surface area contributed by atoms with E-state index < -0.39 is 6.03 Å². The average molecular weight is 377 g/mol. The van der Waals surface area contributed by atoms with E-state index in [0.29, 0.717) is 18.0 Å². The highest BCUT2D eigenvalue weighted by Crippen LogP contribution is 2.30. The Bertz CT molecular complexity index is 657. The van der Waals surface area contributed by atoms with Crippen molar-refractivity contribution in [2.24, 2.45) is 0 Å². The zero-order valence-corrected chi connectivity index (χ0v) is 16.8. The second-order valence-corrected chi connectivity index (χ2v) is 7.16. The van der Waals surface area contributed by atoms with E-state index in [1.807, 2.05) is 31.0 Å². The van der Waals surface area contributed by atoms with Crippen molar-refractivity contribution < 1.29 is 19.1 Å². The fraction of sp³-hybridized carbons (Fsp3) is 0.600. The van der Waals surface area contributed by atoms with Crippen LogP contribution in [-0.2, 0) is 11.3 Å². The molecule has 7 heteroatoms. The fourth-order valence-corrected chi connectivity index (χ4v) is 3.42. The van der Waals surface area contributed by atoms with E-state index in [2.05, 4.69) is 10.6 Å². The van der Waals surface area contributed by atoms with Crippen LogP contribution in [0.4, 0.5) is 4.79 Å². The highest BCUT2D eigenvalue weighted by molar-refractivity contribution is 5.95. The summed E-state index contributed by atoms with van der Waals surface area (Å²) in [5.41, 5.74) is 2.09. The van der Waals surface area contributed by atoms with Crippen LogP contribution in [-0.4, -0.2) is 50.7 Å². The van der Waals surface area contributed by atoms with E-state index in [4.69, 9.17) is 9.47 Å². The molecule has 0 atom stereocenters. The van der Waals surface area contributed by atoms with Crippen LogP contribution in [0.2, 0.25) is 0 Å². The quantitative estimate of drug-likeness (QED) is 0.764. The summed E-state index contributed by atoms with van der Waals surface area (Å²) in [7, 11) is 5.04. The molecule has 7 nitrogen and oxygen atoms in total. The van der Waals surface area contributed by atoms with Gasteiger partial charge in [0.05, 0.1) is 20.8 Å². The van der Waals surface area contributed by atoms with Crippen molar-refractivity contribution in [3.8, 4) is 11.5 Å². The number of amides is 3. The summed E-state index contributed by atoms with van der Waals surface area (Å²) >= 11 is 0. The molecule has 0 bridgehead atoms. The molecule has 1 aromatic rings. The number of nitrogens with one attached hydrogen (secondary N) is 2. The number of likely N-dealkylation sites (N-methyl/N-ethyl adjacent to an activating group) is 1. The number of ether oxygens (including phenoxy) is 2. The lowest BCUT2D eigenvalue weighted by Crippen LogP contribution is -2.47. The third-order valence-electron chi connectivity index (χ3n) is 4.89. The molecule has 0 aliphatic heterocycles. The predicted molar refractivity (Wildman–Crippen MR) is 104 cm³/mol. The van der Waals surface area contributed by atoms with Crippen LogP contribution in [0.15, 0.2) is 12.1 Å². The van der Waals surface area contributed by atoms with Crippen LogP contribution < -0.4 is 20.1 Å². The number of carbonyl (C=O) groups excluding carboxylic acids is 2. The Labute approximate surface area is 161 Å². The molecule has 0 aromatic heterocycles. The molecular formula is C20H31N3O4. The molecule has 1 saturated carbocycles. The summed E-state index contributed by atoms with van der Waals surface area (Å²) < 4.78 is 10.6. The standard InChI is InChI=1S/C20H31N3O4/c1-14-10-17(26-3)18(27-4)11-15(14)12-23(2)13-19(24)22-20(25)21-16-8-6-5-7-9-16/h10-11,16H,5-9,12-13H2,1-4H3,(H2,21,22,24,25). The van der Waals surface area contributed by atoms with Gasteiger partial charge >= 0.3 is 6.03 Å². The van der Waals surface area contributed by atoms with Gasteiger partial charge in [0.2, 0.25) is 5.91 Å². The molecule has 0 heterocycles. The van der Waals surface area contributed by atoms with Gasteiger partial charge in [0, 0.05) is 12.6 Å². The zero-order valence-electron chi connectivity index (χ0n) is 16.8. The number of aryl methyl sites for hydroxylation is 1. The van der Waals surface area contributed by atoms with Crippen molar-refractivity contribution in [1.82, 2.24) is 15.5 Å². The average Bonchev–Trinajstić information content (AvgIpc) is 2.63. The van der Waals surface area contributed by atoms with Crippen LogP contribution in [0.1, 0.15) is 43.2 Å². The van der Waals surface area contributed by atoms with Crippen molar-refractivity contribution in [3.63, 3.8) is 0 Å². The predicted octanol–water partition coefficient (Wildman–Crippen LogP) is 2.60. The molecule has 1 fully saturated rings. The van der Waals surface area contributed by atoms with Crippen molar-refractivity contribution in [3.05, 3.63) is 23.3 Å². The maximum atomic E-state index is 12.1. The largest absolute Gasteiger partial charge is 0.493 e. The zero-order chi connectivity index (χ0) is 19.8. The van der Waals surface area contributed by atoms with E-state index in [1.165, 1.54) is 6.42 Å². The number of carbonyl (C=O) groups is 2. The highest BCUT2D eigenvalue weighted by Gasteiger charge is 2.18. The molecule has 1 aliphatic rings. The van der Waals surface area contributed by atoms with Crippen molar-refractivity contribution in [2.75, 3.05) is 27.8 Å². The first-order valence-electron chi connectivity index (χ1n) is 9.43. The minimum Gasteiger partial charge on any atom is -0.493 e. The van der Waals surface area contributed by atoms with Gasteiger partial charge in [-0.2, -0.15) is 0 Å². The molecule has 1 aromatic carbocycles. The molecule has 0 unspecified atom stereocenters. The van der Waals surface area contributed by atoms with Gasteiger partial charge in [-0.3, -0.25) is 15.0 Å². The van der Waals surface area contributed by atoms with Gasteiger partial charge < -0.3 is 14.8 Å². The summed E-state index contributed by atoms with van der Waals surface area (Å²) in [4.78, 5) is 26.0. The van der Waals surface area contributed by atoms with Gasteiger partial charge in [-0.05, 0) is 50.1 Å². The topological polar surface area (TPSA) is 79.9 Å². The third-order valence-corrected chi connectivity index (χ3v) is 4.89. The summed E-state index contributed by atoms with van der Waals surface area (Å²) in [6.07, 6.45) is 5.46. The Kier molecular flexibility index (Phi) is 7.91. The van der Waals surface area contributed by atoms with E-state index >= 15 is 0 Å². The second-order valence-electron chi connectivity index (χ2n) is 7.16. The van der Waals surface area contributed by atoms with Crippen LogP contribution in [0, 0.1) is 6.92 Å². The fourth-order valence-electron chi connectivity index (χ4n) is 3.42. The Morgan fingerprint density at radius 3 is 2.37 bits per heavy atom. The summed E-state index contributed by atoms with van der Waals surface area (Å²) in [6, 6.07) is 3.61. The van der Waals surface area contributed by atoms with Crippen molar-refractivity contribution >= 4 is 11.9 Å². The normalized spacial score (nSPS) is 14.7. The lowest BCUT2D eigenvalue weighted by atomic mass is 9.96. The van der Waals surface area contributed by atoms with E-state index in [-0.39, 0.29) is 18.5 Å². The number of nitrogens with zero attached hydrogens (tertiary/aromatic N) is 1. The Morgan fingerprint density at radius 2 is 1.74 bits per heavy atom. The molecule has 2 N–H and O–H groups in total. The molecule has 3 amide bonds. The van der Waals surface area contributed by atoms with Crippen molar-refractivity contribution in [2.45, 2.75) is 51.6 Å². The number of urea groups is 1. The number of benzene rings is 1. The second kappa shape index (κ2) is 10.2. The summed E-state index contributed by atoms with van der Waals surface area (Å²) in [6.45, 7) is 2.68. The van der Waals surface area contributed by atoms with Crippen LogP contribution in [0.3, 0.4) is 0 Å². The molecule has 0 spiro atoms. The smallest absolute Gasteiger partial charge is 0.321 e. The number of hydrogen-bond acceptors (Lipinski definition) is 5. The lowest BCUT2D eigenvalue weighted by molar-refractivity contribution is -0.121. The number of methoxy groups -OCH3 is 2. The first kappa shape index (κ1) is 21.0. The minimum absolute atomic E-state index is 0.131. The minimum atomic E-state index is -0.400. The third kappa shape index (κ3) is 6.43. The van der Waals surface area contributed by atoms with Crippen LogP contribution in [0.25, 0.3) is 0 Å². The molecular weight excluding hydrogens is 346 g/mol. The first-order valence-corrected chi connectivity index (χ1v) is 9.43. The number of rotatable bonds is 7. The van der Waals surface area contributed by atoms with Gasteiger partial charge in [0.1, 0.15) is 0 Å². The molecule has 0 radical (unpaired) electrons. The van der Waals surface area contributed by atoms with E-state index in [0.717, 1.165) is 36.8 Å².